The van der Waals surface area contributed by atoms with Crippen molar-refractivity contribution in [1.82, 2.24) is 0 Å². The fourth-order valence-electron chi connectivity index (χ4n) is 3.36. The van der Waals surface area contributed by atoms with Crippen LogP contribution in [0.25, 0.3) is 0 Å². The number of hydrogen-bond donors (Lipinski definition) is 1. The largest absolute Gasteiger partial charge is 0.493 e. The van der Waals surface area contributed by atoms with Gasteiger partial charge in [-0.15, -0.1) is 0 Å². The highest BCUT2D eigenvalue weighted by molar-refractivity contribution is 5.51. The first-order valence-electron chi connectivity index (χ1n) is 6.83. The normalized spacial score (nSPS) is 24.7. The van der Waals surface area contributed by atoms with Crippen molar-refractivity contribution in [2.45, 2.75) is 31.3 Å². The lowest BCUT2D eigenvalue weighted by atomic mass is 9.77. The van der Waals surface area contributed by atoms with Crippen molar-refractivity contribution in [3.63, 3.8) is 0 Å². The second kappa shape index (κ2) is 3.87. The number of benzene rings is 1. The van der Waals surface area contributed by atoms with Gasteiger partial charge in [0.1, 0.15) is 17.1 Å². The van der Waals surface area contributed by atoms with Gasteiger partial charge in [-0.3, -0.25) is 0 Å². The molecule has 98 valence electrons. The zero-order chi connectivity index (χ0) is 12.9. The van der Waals surface area contributed by atoms with Crippen molar-refractivity contribution in [3.05, 3.63) is 53.0 Å². The Morgan fingerprint density at radius 1 is 1.11 bits per heavy atom. The second-order valence-electron chi connectivity index (χ2n) is 5.36. The van der Waals surface area contributed by atoms with Gasteiger partial charge in [0.25, 0.3) is 0 Å². The van der Waals surface area contributed by atoms with Crippen molar-refractivity contribution in [2.75, 3.05) is 6.61 Å². The van der Waals surface area contributed by atoms with E-state index in [1.165, 1.54) is 5.56 Å². The lowest BCUT2D eigenvalue weighted by Crippen LogP contribution is -2.31. The van der Waals surface area contributed by atoms with E-state index in [0.717, 1.165) is 48.3 Å². The average Bonchev–Trinajstić information content (AvgIpc) is 3.07. The smallest absolute Gasteiger partial charge is 0.129 e. The van der Waals surface area contributed by atoms with Gasteiger partial charge in [0.15, 0.2) is 0 Å². The zero-order valence-electron chi connectivity index (χ0n) is 10.7. The number of furan rings is 1. The summed E-state index contributed by atoms with van der Waals surface area (Å²) in [5.74, 6) is 1.78. The molecular formula is C16H16O3. The molecule has 0 amide bonds. The van der Waals surface area contributed by atoms with Crippen LogP contribution in [0.4, 0.5) is 0 Å². The molecule has 1 aromatic heterocycles. The Morgan fingerprint density at radius 3 is 3.00 bits per heavy atom. The first-order chi connectivity index (χ1) is 9.29. The summed E-state index contributed by atoms with van der Waals surface area (Å²) in [6, 6.07) is 7.96. The second-order valence-corrected chi connectivity index (χ2v) is 5.36. The van der Waals surface area contributed by atoms with Crippen molar-refractivity contribution in [2.24, 2.45) is 0 Å². The summed E-state index contributed by atoms with van der Waals surface area (Å²) in [6.07, 6.45) is 5.16. The van der Waals surface area contributed by atoms with Crippen molar-refractivity contribution in [1.29, 1.82) is 0 Å². The molecule has 1 aliphatic carbocycles. The molecule has 2 aliphatic rings. The molecule has 0 bridgehead atoms. The Labute approximate surface area is 111 Å². The quantitative estimate of drug-likeness (QED) is 0.853. The molecule has 2 heterocycles. The molecule has 1 aliphatic heterocycles. The molecule has 3 nitrogen and oxygen atoms in total. The molecule has 1 unspecified atom stereocenters. The summed E-state index contributed by atoms with van der Waals surface area (Å²) in [6.45, 7) is 0.709. The minimum Gasteiger partial charge on any atom is -0.493 e. The highest BCUT2D eigenvalue weighted by atomic mass is 16.5. The fourth-order valence-corrected chi connectivity index (χ4v) is 3.36. The summed E-state index contributed by atoms with van der Waals surface area (Å²) in [5.41, 5.74) is 2.03. The Balaban J connectivity index is 1.92. The molecule has 1 aromatic carbocycles. The summed E-state index contributed by atoms with van der Waals surface area (Å²) in [4.78, 5) is 0. The lowest BCUT2D eigenvalue weighted by molar-refractivity contribution is 0.0563. The monoisotopic (exact) mass is 256 g/mol. The SMILES string of the molecule is OC1(c2cccc3c2OCC3)CCCc2occc21. The van der Waals surface area contributed by atoms with Crippen LogP contribution in [-0.4, -0.2) is 11.7 Å². The van der Waals surface area contributed by atoms with Gasteiger partial charge < -0.3 is 14.3 Å². The molecule has 2 aromatic rings. The number of aryl methyl sites for hydroxylation is 1. The van der Waals surface area contributed by atoms with Crippen LogP contribution >= 0.6 is 0 Å². The first kappa shape index (κ1) is 11.1. The number of ether oxygens (including phenoxy) is 1. The third-order valence-electron chi connectivity index (χ3n) is 4.29. The van der Waals surface area contributed by atoms with E-state index < -0.39 is 5.60 Å². The molecule has 4 rings (SSSR count). The van der Waals surface area contributed by atoms with Crippen molar-refractivity contribution < 1.29 is 14.3 Å². The van der Waals surface area contributed by atoms with E-state index >= 15 is 0 Å². The van der Waals surface area contributed by atoms with Crippen LogP contribution in [0.1, 0.15) is 35.3 Å². The van der Waals surface area contributed by atoms with Gasteiger partial charge >= 0.3 is 0 Å². The topological polar surface area (TPSA) is 42.6 Å². The maximum absolute atomic E-state index is 11.2. The van der Waals surface area contributed by atoms with E-state index in [9.17, 15) is 5.11 Å². The van der Waals surface area contributed by atoms with E-state index in [2.05, 4.69) is 6.07 Å². The van der Waals surface area contributed by atoms with Gasteiger partial charge in [-0.25, -0.2) is 0 Å². The standard InChI is InChI=1S/C16H16O3/c17-16(8-2-5-14-12(16)7-10-18-14)13-4-1-3-11-6-9-19-15(11)13/h1,3-4,7,10,17H,2,5-6,8-9H2. The van der Waals surface area contributed by atoms with Crippen LogP contribution in [0.3, 0.4) is 0 Å². The summed E-state index contributed by atoms with van der Waals surface area (Å²) >= 11 is 0. The molecule has 1 atom stereocenters. The Bertz CT molecular complexity index is 629. The van der Waals surface area contributed by atoms with Gasteiger partial charge in [-0.05, 0) is 24.5 Å². The highest BCUT2D eigenvalue weighted by Crippen LogP contribution is 2.46. The summed E-state index contributed by atoms with van der Waals surface area (Å²) in [5, 5.41) is 11.2. The van der Waals surface area contributed by atoms with Gasteiger partial charge in [-0.2, -0.15) is 0 Å². The number of hydrogen-bond acceptors (Lipinski definition) is 3. The van der Waals surface area contributed by atoms with Crippen LogP contribution in [0.5, 0.6) is 5.75 Å². The third-order valence-corrected chi connectivity index (χ3v) is 4.29. The summed E-state index contributed by atoms with van der Waals surface area (Å²) in [7, 11) is 0. The molecule has 19 heavy (non-hydrogen) atoms. The Morgan fingerprint density at radius 2 is 2.05 bits per heavy atom. The maximum atomic E-state index is 11.2. The van der Waals surface area contributed by atoms with Crippen molar-refractivity contribution in [3.8, 4) is 5.75 Å². The molecule has 0 radical (unpaired) electrons. The molecule has 1 N–H and O–H groups in total. The summed E-state index contributed by atoms with van der Waals surface area (Å²) < 4.78 is 11.2. The van der Waals surface area contributed by atoms with Crippen LogP contribution in [0.2, 0.25) is 0 Å². The van der Waals surface area contributed by atoms with Crippen LogP contribution < -0.4 is 4.74 Å². The molecule has 3 heteroatoms. The number of fused-ring (bicyclic) bond motifs is 2. The highest BCUT2D eigenvalue weighted by Gasteiger charge is 2.41. The minimum atomic E-state index is -0.962. The van der Waals surface area contributed by atoms with Gasteiger partial charge in [0.05, 0.1) is 12.9 Å². The zero-order valence-corrected chi connectivity index (χ0v) is 10.7. The molecule has 0 fully saturated rings. The molecule has 0 saturated heterocycles. The van der Waals surface area contributed by atoms with Crippen LogP contribution in [0, 0.1) is 0 Å². The lowest BCUT2D eigenvalue weighted by Gasteiger charge is -2.33. The molecular weight excluding hydrogens is 240 g/mol. The van der Waals surface area contributed by atoms with E-state index in [4.69, 9.17) is 9.15 Å². The molecule has 0 spiro atoms. The van der Waals surface area contributed by atoms with Crippen molar-refractivity contribution >= 4 is 0 Å². The van der Waals surface area contributed by atoms with Crippen LogP contribution in [-0.2, 0) is 18.4 Å². The average molecular weight is 256 g/mol. The van der Waals surface area contributed by atoms with Gasteiger partial charge in [0.2, 0.25) is 0 Å². The third kappa shape index (κ3) is 1.48. The van der Waals surface area contributed by atoms with Gasteiger partial charge in [0, 0.05) is 24.0 Å². The fraction of sp³-hybridized carbons (Fsp3) is 0.375. The number of rotatable bonds is 1. The number of para-hydroxylation sites is 1. The minimum absolute atomic E-state index is 0.709. The van der Waals surface area contributed by atoms with E-state index in [1.54, 1.807) is 6.26 Å². The van der Waals surface area contributed by atoms with Crippen LogP contribution in [0.15, 0.2) is 34.9 Å². The van der Waals surface area contributed by atoms with Gasteiger partial charge in [-0.1, -0.05) is 18.2 Å². The van der Waals surface area contributed by atoms with E-state index in [1.807, 2.05) is 18.2 Å². The van der Waals surface area contributed by atoms with E-state index in [-0.39, 0.29) is 0 Å². The number of aliphatic hydroxyl groups is 1. The Hall–Kier alpha value is -1.74. The van der Waals surface area contributed by atoms with E-state index in [0.29, 0.717) is 6.61 Å². The first-order valence-corrected chi connectivity index (χ1v) is 6.83. The molecule has 0 saturated carbocycles. The predicted octanol–water partition coefficient (Wildman–Crippen LogP) is 2.79. The predicted molar refractivity (Wildman–Crippen MR) is 70.3 cm³/mol. The Kier molecular flexibility index (Phi) is 2.27. The maximum Gasteiger partial charge on any atom is 0.129 e.